The SMILES string of the molecule is C=C[Si]1(C)CC(=O)N(CCOC(=O)C(=C)C)[Si](C)(C=C)N[Si](C)(C=C)N1. The first-order chi connectivity index (χ1) is 11.9. The van der Waals surface area contributed by atoms with Gasteiger partial charge in [-0.2, -0.15) is 0 Å². The first-order valence-corrected chi connectivity index (χ1v) is 16.5. The third kappa shape index (κ3) is 5.24. The van der Waals surface area contributed by atoms with Crippen LogP contribution in [0.4, 0.5) is 0 Å². The topological polar surface area (TPSA) is 70.7 Å². The van der Waals surface area contributed by atoms with Gasteiger partial charge in [-0.15, -0.1) is 19.7 Å². The number of carbonyl (C=O) groups is 2. The normalized spacial score (nSPS) is 32.2. The largest absolute Gasteiger partial charge is 0.461 e. The Hall–Kier alpha value is -1.53. The molecule has 1 fully saturated rings. The minimum Gasteiger partial charge on any atom is -0.461 e. The van der Waals surface area contributed by atoms with Crippen LogP contribution < -0.4 is 9.30 Å². The average Bonchev–Trinajstić information content (AvgIpc) is 2.56. The van der Waals surface area contributed by atoms with Gasteiger partial charge < -0.3 is 18.6 Å². The van der Waals surface area contributed by atoms with E-state index in [1.807, 2.05) is 28.2 Å². The molecule has 6 nitrogen and oxygen atoms in total. The second kappa shape index (κ2) is 8.44. The maximum absolute atomic E-state index is 13.1. The lowest BCUT2D eigenvalue weighted by Crippen LogP contribution is -2.80. The molecule has 1 aliphatic heterocycles. The van der Waals surface area contributed by atoms with Crippen LogP contribution in [0.1, 0.15) is 6.92 Å². The molecule has 0 aromatic carbocycles. The highest BCUT2D eigenvalue weighted by molar-refractivity contribution is 7.03. The minimum absolute atomic E-state index is 0.0274. The molecule has 0 aromatic rings. The Balaban J connectivity index is 3.17. The molecular weight excluding hydrogens is 378 g/mol. The Morgan fingerprint density at radius 2 is 1.81 bits per heavy atom. The highest BCUT2D eigenvalue weighted by atomic mass is 28.4. The fourth-order valence-corrected chi connectivity index (χ4v) is 17.8. The molecular formula is C17H31N3O3Si3. The Labute approximate surface area is 160 Å². The summed E-state index contributed by atoms with van der Waals surface area (Å²) in [4.78, 5) is 24.7. The summed E-state index contributed by atoms with van der Waals surface area (Å²) in [5.41, 5.74) is 6.04. The van der Waals surface area contributed by atoms with E-state index in [1.54, 1.807) is 6.92 Å². The third-order valence-corrected chi connectivity index (χ3v) is 18.2. The van der Waals surface area contributed by atoms with Crippen molar-refractivity contribution in [1.29, 1.82) is 0 Å². The predicted molar refractivity (Wildman–Crippen MR) is 114 cm³/mol. The van der Waals surface area contributed by atoms with Gasteiger partial charge in [0, 0.05) is 18.2 Å². The minimum atomic E-state index is -2.52. The van der Waals surface area contributed by atoms with Gasteiger partial charge in [0.2, 0.25) is 14.3 Å². The molecule has 1 aliphatic rings. The van der Waals surface area contributed by atoms with Crippen molar-refractivity contribution in [3.8, 4) is 0 Å². The number of ether oxygens (including phenoxy) is 1. The van der Waals surface area contributed by atoms with Crippen molar-refractivity contribution in [2.45, 2.75) is 32.6 Å². The van der Waals surface area contributed by atoms with Crippen molar-refractivity contribution >= 4 is 36.9 Å². The highest BCUT2D eigenvalue weighted by Crippen LogP contribution is 2.22. The van der Waals surface area contributed by atoms with Crippen LogP contribution in [0, 0.1) is 0 Å². The molecule has 0 aliphatic carbocycles. The second-order valence-electron chi connectivity index (χ2n) is 7.27. The molecule has 1 saturated heterocycles. The first kappa shape index (κ1) is 22.5. The Morgan fingerprint density at radius 1 is 1.19 bits per heavy atom. The van der Waals surface area contributed by atoms with Gasteiger partial charge in [-0.05, 0) is 20.0 Å². The van der Waals surface area contributed by atoms with Crippen LogP contribution in [0.2, 0.25) is 25.7 Å². The van der Waals surface area contributed by atoms with E-state index in [-0.39, 0.29) is 12.5 Å². The van der Waals surface area contributed by atoms with Crippen LogP contribution in [0.3, 0.4) is 0 Å². The molecule has 26 heavy (non-hydrogen) atoms. The average molecular weight is 410 g/mol. The van der Waals surface area contributed by atoms with Gasteiger partial charge >= 0.3 is 5.97 Å². The zero-order valence-corrected chi connectivity index (χ0v) is 19.4. The molecule has 0 aromatic heterocycles. The van der Waals surface area contributed by atoms with Gasteiger partial charge in [0.05, 0.1) is 0 Å². The zero-order valence-electron chi connectivity index (χ0n) is 16.4. The highest BCUT2D eigenvalue weighted by Gasteiger charge is 2.48. The Morgan fingerprint density at radius 3 is 2.27 bits per heavy atom. The molecule has 1 amide bonds. The summed E-state index contributed by atoms with van der Waals surface area (Å²) >= 11 is 0. The van der Waals surface area contributed by atoms with Crippen LogP contribution in [0.5, 0.6) is 0 Å². The van der Waals surface area contributed by atoms with E-state index in [4.69, 9.17) is 4.74 Å². The fraction of sp³-hybridized carbons (Fsp3) is 0.412. The van der Waals surface area contributed by atoms with Crippen molar-refractivity contribution in [2.75, 3.05) is 13.2 Å². The van der Waals surface area contributed by atoms with Gasteiger partial charge in [0.25, 0.3) is 8.40 Å². The lowest BCUT2D eigenvalue weighted by atomic mass is 10.4. The quantitative estimate of drug-likeness (QED) is 0.382. The van der Waals surface area contributed by atoms with E-state index in [2.05, 4.69) is 48.7 Å². The molecule has 2 N–H and O–H groups in total. The maximum atomic E-state index is 13.1. The molecule has 0 bridgehead atoms. The number of hydrogen-bond donors (Lipinski definition) is 2. The molecule has 3 atom stereocenters. The van der Waals surface area contributed by atoms with Crippen molar-refractivity contribution in [3.05, 3.63) is 49.0 Å². The summed E-state index contributed by atoms with van der Waals surface area (Å²) in [5, 5.41) is 0. The molecule has 0 radical (unpaired) electrons. The number of nitrogens with zero attached hydrogens (tertiary/aromatic N) is 1. The first-order valence-electron chi connectivity index (χ1n) is 8.57. The number of hydrogen-bond acceptors (Lipinski definition) is 5. The van der Waals surface area contributed by atoms with Crippen LogP contribution in [0.25, 0.3) is 0 Å². The zero-order chi connectivity index (χ0) is 20.2. The number of amides is 1. The lowest BCUT2D eigenvalue weighted by molar-refractivity contribution is -0.140. The van der Waals surface area contributed by atoms with Crippen LogP contribution in [0.15, 0.2) is 49.0 Å². The standard InChI is InChI=1S/C17H31N3O3Si3/c1-9-24(6)14-16(21)20(12-13-23-17(22)15(4)5)26(8,11-3)19-25(7,10-2)18-24/h9-11,18-19H,1-4,12-14H2,5-8H3. The number of rotatable bonds is 7. The van der Waals surface area contributed by atoms with E-state index in [0.29, 0.717) is 18.2 Å². The lowest BCUT2D eigenvalue weighted by Gasteiger charge is -2.48. The predicted octanol–water partition coefficient (Wildman–Crippen LogP) is 2.02. The van der Waals surface area contributed by atoms with Gasteiger partial charge in [-0.1, -0.05) is 30.2 Å². The summed E-state index contributed by atoms with van der Waals surface area (Å²) in [6.45, 7) is 23.8. The molecule has 0 spiro atoms. The molecule has 9 heteroatoms. The summed E-state index contributed by atoms with van der Waals surface area (Å²) < 4.78 is 14.5. The van der Waals surface area contributed by atoms with E-state index in [9.17, 15) is 9.59 Å². The Kier molecular flexibility index (Phi) is 7.31. The molecule has 1 heterocycles. The third-order valence-electron chi connectivity index (χ3n) is 4.59. The molecule has 3 unspecified atom stereocenters. The van der Waals surface area contributed by atoms with Gasteiger partial charge in [0.1, 0.15) is 6.61 Å². The Bertz CT molecular complexity index is 642. The van der Waals surface area contributed by atoms with Crippen molar-refractivity contribution in [2.24, 2.45) is 0 Å². The van der Waals surface area contributed by atoms with Gasteiger partial charge in [-0.25, -0.2) is 4.79 Å². The monoisotopic (exact) mass is 409 g/mol. The van der Waals surface area contributed by atoms with Crippen LogP contribution in [-0.4, -0.2) is 54.6 Å². The smallest absolute Gasteiger partial charge is 0.333 e. The van der Waals surface area contributed by atoms with E-state index < -0.39 is 31.0 Å². The molecule has 0 saturated carbocycles. The number of carbonyl (C=O) groups excluding carboxylic acids is 2. The second-order valence-corrected chi connectivity index (χ2v) is 18.9. The fourth-order valence-electron chi connectivity index (χ4n) is 3.03. The number of esters is 1. The van der Waals surface area contributed by atoms with Gasteiger partial charge in [-0.3, -0.25) is 4.79 Å². The van der Waals surface area contributed by atoms with E-state index >= 15 is 0 Å². The summed E-state index contributed by atoms with van der Waals surface area (Å²) in [5.74, 6) is -0.420. The summed E-state index contributed by atoms with van der Waals surface area (Å²) in [7, 11) is -6.94. The van der Waals surface area contributed by atoms with Crippen LogP contribution in [-0.2, 0) is 14.3 Å². The van der Waals surface area contributed by atoms with E-state index in [1.165, 1.54) is 0 Å². The van der Waals surface area contributed by atoms with Crippen molar-refractivity contribution in [3.63, 3.8) is 0 Å². The molecule has 144 valence electrons. The summed E-state index contributed by atoms with van der Waals surface area (Å²) in [6, 6.07) is 0.402. The maximum Gasteiger partial charge on any atom is 0.333 e. The molecule has 1 rings (SSSR count). The number of nitrogens with one attached hydrogen (secondary N) is 2. The van der Waals surface area contributed by atoms with Crippen molar-refractivity contribution in [1.82, 2.24) is 13.9 Å². The van der Waals surface area contributed by atoms with Crippen molar-refractivity contribution < 1.29 is 14.3 Å². The van der Waals surface area contributed by atoms with E-state index in [0.717, 1.165) is 0 Å². The van der Waals surface area contributed by atoms with Gasteiger partial charge in [0.15, 0.2) is 8.24 Å². The summed E-state index contributed by atoms with van der Waals surface area (Å²) in [6.07, 6.45) is 0. The van der Waals surface area contributed by atoms with Crippen LogP contribution >= 0.6 is 0 Å².